The van der Waals surface area contributed by atoms with Gasteiger partial charge in [0.2, 0.25) is 0 Å². The molecule has 1 amide bonds. The number of halogens is 1. The minimum Gasteiger partial charge on any atom is -0.392 e. The van der Waals surface area contributed by atoms with Crippen LogP contribution in [0.4, 0.5) is 0 Å². The van der Waals surface area contributed by atoms with Gasteiger partial charge < -0.3 is 16.0 Å². The van der Waals surface area contributed by atoms with Gasteiger partial charge in [-0.2, -0.15) is 0 Å². The summed E-state index contributed by atoms with van der Waals surface area (Å²) in [5, 5.41) is 22.9. The second kappa shape index (κ2) is 7.82. The first-order chi connectivity index (χ1) is 7.90. The minimum atomic E-state index is -0.369. The van der Waals surface area contributed by atoms with Crippen LogP contribution in [0.3, 0.4) is 0 Å². The van der Waals surface area contributed by atoms with Crippen molar-refractivity contribution in [2.45, 2.75) is 6.92 Å². The van der Waals surface area contributed by atoms with E-state index in [2.05, 4.69) is 16.0 Å². The van der Waals surface area contributed by atoms with Crippen molar-refractivity contribution in [2.75, 3.05) is 14.1 Å². The molecule has 0 atom stereocenters. The average molecular weight is 349 g/mol. The molecule has 7 heteroatoms. The Morgan fingerprint density at radius 1 is 1.18 bits per heavy atom. The standard InChI is InChI=1S/C10H16IN5O/c1-6(14-2)4-9(13)16-7(5-8(11)12)10(17)15-3/h4-5,12,14H,1-3H3,(H2,13,16)(H,15,17)/b6-4-,7-5+,12-8?. The molecule has 0 aromatic carbocycles. The highest BCUT2D eigenvalue weighted by molar-refractivity contribution is 14.1. The largest absolute Gasteiger partial charge is 0.392 e. The molecule has 0 bridgehead atoms. The topological polar surface area (TPSA) is 101 Å². The van der Waals surface area contributed by atoms with Crippen molar-refractivity contribution in [3.63, 3.8) is 0 Å². The number of carbonyl (C=O) groups is 1. The number of allylic oxidation sites excluding steroid dienone is 2. The van der Waals surface area contributed by atoms with Gasteiger partial charge in [0.15, 0.2) is 0 Å². The van der Waals surface area contributed by atoms with E-state index in [-0.39, 0.29) is 21.2 Å². The molecule has 0 fully saturated rings. The third-order valence-electron chi connectivity index (χ3n) is 1.77. The van der Waals surface area contributed by atoms with Crippen molar-refractivity contribution in [3.05, 3.63) is 23.5 Å². The van der Waals surface area contributed by atoms with Crippen LogP contribution < -0.4 is 16.0 Å². The Kier molecular flexibility index (Phi) is 7.19. The summed E-state index contributed by atoms with van der Waals surface area (Å²) in [5.74, 6) is -0.295. The molecule has 5 N–H and O–H groups in total. The zero-order chi connectivity index (χ0) is 13.4. The molecule has 0 radical (unpaired) electrons. The van der Waals surface area contributed by atoms with Crippen LogP contribution in [0.15, 0.2) is 23.5 Å². The number of hydrogen-bond acceptors (Lipinski definition) is 4. The second-order valence-electron chi connectivity index (χ2n) is 3.10. The number of amidine groups is 1. The third kappa shape index (κ3) is 6.72. The Labute approximate surface area is 114 Å². The Morgan fingerprint density at radius 2 is 1.76 bits per heavy atom. The summed E-state index contributed by atoms with van der Waals surface area (Å²) >= 11 is 1.78. The maximum atomic E-state index is 11.5. The molecular formula is C10H16IN5O. The molecule has 17 heavy (non-hydrogen) atoms. The normalized spacial score (nSPS) is 11.8. The van der Waals surface area contributed by atoms with E-state index in [1.54, 1.807) is 42.6 Å². The summed E-state index contributed by atoms with van der Waals surface area (Å²) < 4.78 is 0.204. The molecule has 0 aliphatic heterocycles. The lowest BCUT2D eigenvalue weighted by atomic mass is 10.3. The van der Waals surface area contributed by atoms with E-state index in [4.69, 9.17) is 10.8 Å². The zero-order valence-electron chi connectivity index (χ0n) is 9.94. The molecule has 0 spiro atoms. The molecule has 0 aromatic heterocycles. The van der Waals surface area contributed by atoms with E-state index < -0.39 is 0 Å². The summed E-state index contributed by atoms with van der Waals surface area (Å²) in [4.78, 5) is 11.5. The molecular weight excluding hydrogens is 333 g/mol. The maximum absolute atomic E-state index is 11.5. The molecule has 0 rings (SSSR count). The highest BCUT2D eigenvalue weighted by Gasteiger charge is 2.08. The van der Waals surface area contributed by atoms with Gasteiger partial charge in [-0.05, 0) is 41.7 Å². The first kappa shape index (κ1) is 15.6. The minimum absolute atomic E-state index is 0.0735. The van der Waals surface area contributed by atoms with Crippen molar-refractivity contribution in [2.24, 2.45) is 0 Å². The van der Waals surface area contributed by atoms with Gasteiger partial charge in [0.1, 0.15) is 11.5 Å². The fourth-order valence-electron chi connectivity index (χ4n) is 0.890. The highest BCUT2D eigenvalue weighted by Crippen LogP contribution is 1.97. The molecule has 0 aliphatic carbocycles. The second-order valence-corrected chi connectivity index (χ2v) is 4.26. The van der Waals surface area contributed by atoms with Crippen molar-refractivity contribution < 1.29 is 4.79 Å². The van der Waals surface area contributed by atoms with Crippen LogP contribution in [0.5, 0.6) is 0 Å². The number of likely N-dealkylation sites (N-methyl/N-ethyl adjacent to an activating group) is 1. The van der Waals surface area contributed by atoms with Crippen LogP contribution in [-0.4, -0.2) is 29.6 Å². The number of rotatable bonds is 5. The smallest absolute Gasteiger partial charge is 0.267 e. The maximum Gasteiger partial charge on any atom is 0.267 e. The fourth-order valence-corrected chi connectivity index (χ4v) is 1.20. The molecule has 6 nitrogen and oxygen atoms in total. The lowest BCUT2D eigenvalue weighted by Crippen LogP contribution is -2.32. The third-order valence-corrected chi connectivity index (χ3v) is 2.08. The van der Waals surface area contributed by atoms with Gasteiger partial charge in [0.25, 0.3) is 5.91 Å². The predicted octanol–water partition coefficient (Wildman–Crippen LogP) is 0.719. The lowest BCUT2D eigenvalue weighted by molar-refractivity contribution is -0.117. The summed E-state index contributed by atoms with van der Waals surface area (Å²) in [6.07, 6.45) is 2.91. The van der Waals surface area contributed by atoms with Gasteiger partial charge in [-0.25, -0.2) is 0 Å². The molecule has 0 unspecified atom stereocenters. The van der Waals surface area contributed by atoms with Crippen molar-refractivity contribution in [3.8, 4) is 0 Å². The Bertz CT molecular complexity index is 386. The SMILES string of the molecule is CNC(=O)/C(=C\C(=N)I)NC(=N)/C=C(/C)NC. The summed E-state index contributed by atoms with van der Waals surface area (Å²) in [6.45, 7) is 1.81. The van der Waals surface area contributed by atoms with Gasteiger partial charge in [0, 0.05) is 19.8 Å². The molecule has 0 aliphatic rings. The molecule has 94 valence electrons. The van der Waals surface area contributed by atoms with Crippen molar-refractivity contribution in [1.82, 2.24) is 16.0 Å². The highest BCUT2D eigenvalue weighted by atomic mass is 127. The Hall–Kier alpha value is -1.38. The quantitative estimate of drug-likeness (QED) is 0.219. The number of amides is 1. The number of carbonyl (C=O) groups excluding carboxylic acids is 1. The van der Waals surface area contributed by atoms with Crippen molar-refractivity contribution >= 4 is 38.1 Å². The molecule has 0 aromatic rings. The summed E-state index contributed by atoms with van der Waals surface area (Å²) in [5.41, 5.74) is 0.959. The van der Waals surface area contributed by atoms with E-state index in [1.165, 1.54) is 13.1 Å². The van der Waals surface area contributed by atoms with Crippen LogP contribution in [0.2, 0.25) is 0 Å². The van der Waals surface area contributed by atoms with Gasteiger partial charge in [-0.15, -0.1) is 0 Å². The summed E-state index contributed by atoms with van der Waals surface area (Å²) in [7, 11) is 3.24. The molecule has 0 saturated heterocycles. The van der Waals surface area contributed by atoms with E-state index in [0.29, 0.717) is 0 Å². The van der Waals surface area contributed by atoms with Gasteiger partial charge in [-0.1, -0.05) is 0 Å². The lowest BCUT2D eigenvalue weighted by Gasteiger charge is -2.09. The van der Waals surface area contributed by atoms with Gasteiger partial charge in [0.05, 0.1) is 3.72 Å². The zero-order valence-corrected chi connectivity index (χ0v) is 12.1. The van der Waals surface area contributed by atoms with E-state index >= 15 is 0 Å². The van der Waals surface area contributed by atoms with Crippen LogP contribution in [0.1, 0.15) is 6.92 Å². The fraction of sp³-hybridized carbons (Fsp3) is 0.300. The predicted molar refractivity (Wildman–Crippen MR) is 77.6 cm³/mol. The number of nitrogens with one attached hydrogen (secondary N) is 5. The number of hydrogen-bond donors (Lipinski definition) is 5. The average Bonchev–Trinajstić information content (AvgIpc) is 2.26. The summed E-state index contributed by atoms with van der Waals surface area (Å²) in [6, 6.07) is 0. The molecule has 0 heterocycles. The van der Waals surface area contributed by atoms with E-state index in [1.807, 2.05) is 0 Å². The van der Waals surface area contributed by atoms with Crippen LogP contribution >= 0.6 is 22.6 Å². The Balaban J connectivity index is 4.84. The van der Waals surface area contributed by atoms with Crippen LogP contribution in [0, 0.1) is 10.8 Å². The van der Waals surface area contributed by atoms with Gasteiger partial charge in [-0.3, -0.25) is 15.6 Å². The Morgan fingerprint density at radius 3 is 2.18 bits per heavy atom. The first-order valence-electron chi connectivity index (χ1n) is 4.80. The van der Waals surface area contributed by atoms with Gasteiger partial charge >= 0.3 is 0 Å². The molecule has 0 saturated carbocycles. The van der Waals surface area contributed by atoms with E-state index in [9.17, 15) is 4.79 Å². The monoisotopic (exact) mass is 349 g/mol. The van der Waals surface area contributed by atoms with Crippen LogP contribution in [-0.2, 0) is 4.79 Å². The first-order valence-corrected chi connectivity index (χ1v) is 5.88. The van der Waals surface area contributed by atoms with Crippen LogP contribution in [0.25, 0.3) is 0 Å². The van der Waals surface area contributed by atoms with Crippen molar-refractivity contribution in [1.29, 1.82) is 10.8 Å². The van der Waals surface area contributed by atoms with E-state index in [0.717, 1.165) is 5.70 Å².